The molecule has 0 atom stereocenters. The fourth-order valence-electron chi connectivity index (χ4n) is 0.167. The average Bonchev–Trinajstić information content (AvgIpc) is 1.67. The zero-order valence-electron chi connectivity index (χ0n) is 5.05. The molecule has 0 rings (SSSR count). The summed E-state index contributed by atoms with van der Waals surface area (Å²) in [5.41, 5.74) is 1.85. The molecule has 0 bridgehead atoms. The van der Waals surface area contributed by atoms with Gasteiger partial charge in [-0.1, -0.05) is 13.8 Å². The third-order valence-electron chi connectivity index (χ3n) is 1.02. The number of rotatable bonds is 2. The van der Waals surface area contributed by atoms with Gasteiger partial charge < -0.3 is 10.2 Å². The second-order valence-corrected chi connectivity index (χ2v) is 2.03. The molecule has 4 nitrogen and oxygen atoms in total. The van der Waals surface area contributed by atoms with Crippen LogP contribution in [0.1, 0.15) is 13.8 Å². The standard InChI is InChI=1S/C4H12N2O2/c1-3(2)4(7,8)6-5/h3,6-8H,5H2,1-2H3. The Kier molecular flexibility index (Phi) is 2.36. The van der Waals surface area contributed by atoms with Crippen molar-refractivity contribution in [3.63, 3.8) is 0 Å². The molecule has 0 fully saturated rings. The second-order valence-electron chi connectivity index (χ2n) is 2.03. The quantitative estimate of drug-likeness (QED) is 0.208. The zero-order valence-corrected chi connectivity index (χ0v) is 5.05. The minimum Gasteiger partial charge on any atom is -0.352 e. The van der Waals surface area contributed by atoms with Gasteiger partial charge in [-0.05, 0) is 0 Å². The second kappa shape index (κ2) is 2.41. The highest BCUT2D eigenvalue weighted by molar-refractivity contribution is 4.60. The maximum atomic E-state index is 8.72. The van der Waals surface area contributed by atoms with Crippen molar-refractivity contribution in [1.29, 1.82) is 0 Å². The summed E-state index contributed by atoms with van der Waals surface area (Å²) in [6.45, 7) is 3.28. The van der Waals surface area contributed by atoms with Crippen LogP contribution in [0, 0.1) is 5.92 Å². The monoisotopic (exact) mass is 120 g/mol. The molecule has 0 amide bonds. The Labute approximate surface area is 48.3 Å². The summed E-state index contributed by atoms with van der Waals surface area (Å²) in [7, 11) is 0. The van der Waals surface area contributed by atoms with Crippen molar-refractivity contribution in [3.05, 3.63) is 0 Å². The van der Waals surface area contributed by atoms with Crippen LogP contribution in [-0.2, 0) is 0 Å². The maximum absolute atomic E-state index is 8.72. The molecule has 0 aliphatic heterocycles. The smallest absolute Gasteiger partial charge is 0.237 e. The van der Waals surface area contributed by atoms with E-state index >= 15 is 0 Å². The first kappa shape index (κ1) is 7.84. The Bertz CT molecular complexity index is 72.4. The van der Waals surface area contributed by atoms with Crippen LogP contribution in [0.5, 0.6) is 0 Å². The highest BCUT2D eigenvalue weighted by Crippen LogP contribution is 2.06. The summed E-state index contributed by atoms with van der Waals surface area (Å²) in [5, 5.41) is 17.4. The Morgan fingerprint density at radius 3 is 1.88 bits per heavy atom. The fraction of sp³-hybridized carbons (Fsp3) is 1.00. The van der Waals surface area contributed by atoms with Gasteiger partial charge in [0.1, 0.15) is 0 Å². The third kappa shape index (κ3) is 1.75. The van der Waals surface area contributed by atoms with E-state index in [4.69, 9.17) is 16.1 Å². The molecular formula is C4H12N2O2. The van der Waals surface area contributed by atoms with Crippen LogP contribution >= 0.6 is 0 Å². The van der Waals surface area contributed by atoms with Gasteiger partial charge in [0, 0.05) is 5.92 Å². The summed E-state index contributed by atoms with van der Waals surface area (Å²) in [5.74, 6) is 2.51. The van der Waals surface area contributed by atoms with Gasteiger partial charge in [0.05, 0.1) is 0 Å². The molecule has 0 aromatic rings. The molecule has 0 aliphatic rings. The van der Waals surface area contributed by atoms with Crippen LogP contribution in [0.4, 0.5) is 0 Å². The minimum atomic E-state index is -1.93. The Morgan fingerprint density at radius 1 is 1.50 bits per heavy atom. The normalized spacial score (nSPS) is 12.8. The summed E-state index contributed by atoms with van der Waals surface area (Å²) >= 11 is 0. The topological polar surface area (TPSA) is 78.5 Å². The van der Waals surface area contributed by atoms with Gasteiger partial charge in [0.2, 0.25) is 5.91 Å². The van der Waals surface area contributed by atoms with E-state index in [1.807, 2.05) is 5.43 Å². The Balaban J connectivity index is 3.71. The molecule has 4 heteroatoms. The molecule has 0 radical (unpaired) electrons. The van der Waals surface area contributed by atoms with Gasteiger partial charge in [-0.15, -0.1) is 0 Å². The lowest BCUT2D eigenvalue weighted by molar-refractivity contribution is -0.215. The number of nitrogens with two attached hydrogens (primary N) is 1. The summed E-state index contributed by atoms with van der Waals surface area (Å²) in [6.07, 6.45) is 0. The van der Waals surface area contributed by atoms with Crippen LogP contribution in [0.3, 0.4) is 0 Å². The highest BCUT2D eigenvalue weighted by atomic mass is 16.5. The molecule has 8 heavy (non-hydrogen) atoms. The molecule has 50 valence electrons. The van der Waals surface area contributed by atoms with Gasteiger partial charge in [-0.2, -0.15) is 0 Å². The largest absolute Gasteiger partial charge is 0.352 e. The van der Waals surface area contributed by atoms with Gasteiger partial charge >= 0.3 is 0 Å². The first-order valence-electron chi connectivity index (χ1n) is 2.43. The fourth-order valence-corrected chi connectivity index (χ4v) is 0.167. The van der Waals surface area contributed by atoms with E-state index in [2.05, 4.69) is 0 Å². The zero-order chi connectivity index (χ0) is 6.78. The van der Waals surface area contributed by atoms with Crippen molar-refractivity contribution in [2.24, 2.45) is 11.8 Å². The van der Waals surface area contributed by atoms with E-state index in [1.54, 1.807) is 13.8 Å². The van der Waals surface area contributed by atoms with E-state index < -0.39 is 5.91 Å². The SMILES string of the molecule is CC(C)C(O)(O)NN. The molecule has 0 aromatic carbocycles. The number of hydrogen-bond acceptors (Lipinski definition) is 4. The number of aliphatic hydroxyl groups is 2. The Morgan fingerprint density at radius 2 is 1.88 bits per heavy atom. The number of nitrogens with one attached hydrogen (secondary N) is 1. The van der Waals surface area contributed by atoms with E-state index in [-0.39, 0.29) is 5.92 Å². The van der Waals surface area contributed by atoms with Gasteiger partial charge in [0.15, 0.2) is 0 Å². The van der Waals surface area contributed by atoms with E-state index in [0.717, 1.165) is 0 Å². The van der Waals surface area contributed by atoms with Crippen LogP contribution in [0.25, 0.3) is 0 Å². The first-order chi connectivity index (χ1) is 3.50. The predicted octanol–water partition coefficient (Wildman–Crippen LogP) is -1.26. The number of hydrazine groups is 1. The average molecular weight is 120 g/mol. The van der Waals surface area contributed by atoms with E-state index in [1.165, 1.54) is 0 Å². The maximum Gasteiger partial charge on any atom is 0.237 e. The molecule has 0 unspecified atom stereocenters. The minimum absolute atomic E-state index is 0.313. The number of hydrogen-bond donors (Lipinski definition) is 4. The van der Waals surface area contributed by atoms with Crippen molar-refractivity contribution in [2.75, 3.05) is 0 Å². The molecule has 0 aromatic heterocycles. The first-order valence-corrected chi connectivity index (χ1v) is 2.43. The summed E-state index contributed by atoms with van der Waals surface area (Å²) in [4.78, 5) is 0. The lowest BCUT2D eigenvalue weighted by atomic mass is 10.1. The molecule has 0 saturated carbocycles. The predicted molar refractivity (Wildman–Crippen MR) is 29.3 cm³/mol. The molecule has 0 aliphatic carbocycles. The van der Waals surface area contributed by atoms with Crippen molar-refractivity contribution in [3.8, 4) is 0 Å². The lowest BCUT2D eigenvalue weighted by Crippen LogP contribution is -2.53. The van der Waals surface area contributed by atoms with Crippen molar-refractivity contribution in [1.82, 2.24) is 5.43 Å². The van der Waals surface area contributed by atoms with Crippen LogP contribution in [-0.4, -0.2) is 16.1 Å². The third-order valence-corrected chi connectivity index (χ3v) is 1.02. The molecular weight excluding hydrogens is 108 g/mol. The summed E-state index contributed by atoms with van der Waals surface area (Å²) < 4.78 is 0. The van der Waals surface area contributed by atoms with Crippen LogP contribution in [0.2, 0.25) is 0 Å². The van der Waals surface area contributed by atoms with Gasteiger partial charge in [-0.25, -0.2) is 5.43 Å². The molecule has 0 spiro atoms. The summed E-state index contributed by atoms with van der Waals surface area (Å²) in [6, 6.07) is 0. The van der Waals surface area contributed by atoms with E-state index in [9.17, 15) is 0 Å². The molecule has 0 heterocycles. The van der Waals surface area contributed by atoms with Crippen molar-refractivity contribution in [2.45, 2.75) is 19.8 Å². The van der Waals surface area contributed by atoms with Crippen molar-refractivity contribution >= 4 is 0 Å². The molecule has 5 N–H and O–H groups in total. The van der Waals surface area contributed by atoms with E-state index in [0.29, 0.717) is 0 Å². The van der Waals surface area contributed by atoms with Crippen LogP contribution < -0.4 is 11.3 Å². The lowest BCUT2D eigenvalue weighted by Gasteiger charge is -2.23. The highest BCUT2D eigenvalue weighted by Gasteiger charge is 2.24. The van der Waals surface area contributed by atoms with Crippen molar-refractivity contribution < 1.29 is 10.2 Å². The Hall–Kier alpha value is -0.160. The molecule has 0 saturated heterocycles. The van der Waals surface area contributed by atoms with Crippen LogP contribution in [0.15, 0.2) is 0 Å². The van der Waals surface area contributed by atoms with Gasteiger partial charge in [0.25, 0.3) is 0 Å². The van der Waals surface area contributed by atoms with Gasteiger partial charge in [-0.3, -0.25) is 5.84 Å².